The van der Waals surface area contributed by atoms with E-state index in [1.54, 1.807) is 7.11 Å². The van der Waals surface area contributed by atoms with Gasteiger partial charge in [0.1, 0.15) is 6.67 Å². The summed E-state index contributed by atoms with van der Waals surface area (Å²) in [6.45, 7) is -0.247. The Hall–Kier alpha value is -1.62. The highest BCUT2D eigenvalue weighted by Gasteiger charge is 2.21. The first-order valence-electron chi connectivity index (χ1n) is 5.47. The Morgan fingerprint density at radius 1 is 1.33 bits per heavy atom. The lowest BCUT2D eigenvalue weighted by molar-refractivity contribution is 0.0721. The van der Waals surface area contributed by atoms with E-state index in [9.17, 15) is 4.39 Å². The van der Waals surface area contributed by atoms with E-state index in [1.807, 2.05) is 24.3 Å². The van der Waals surface area contributed by atoms with E-state index in [-0.39, 0.29) is 0 Å². The summed E-state index contributed by atoms with van der Waals surface area (Å²) in [7, 11) is 3.08. The summed E-state index contributed by atoms with van der Waals surface area (Å²) in [5.41, 5.74) is 10.2. The summed E-state index contributed by atoms with van der Waals surface area (Å²) in [6, 6.07) is 6.52. The molecule has 0 aromatic heterocycles. The second kappa shape index (κ2) is 7.66. The molecule has 0 aliphatic rings. The van der Waals surface area contributed by atoms with Gasteiger partial charge in [-0.2, -0.15) is 0 Å². The number of azide groups is 1. The SMILES string of the molecule is COCc1ccc([C@@H](OC)[C@@H](CF)N=[N+]=[N-])cc1. The molecule has 0 heterocycles. The summed E-state index contributed by atoms with van der Waals surface area (Å²) in [6.07, 6.45) is -0.581. The number of benzene rings is 1. The average molecular weight is 253 g/mol. The summed E-state index contributed by atoms with van der Waals surface area (Å²) >= 11 is 0. The van der Waals surface area contributed by atoms with Crippen LogP contribution in [0.2, 0.25) is 0 Å². The van der Waals surface area contributed by atoms with Crippen molar-refractivity contribution in [3.05, 3.63) is 45.8 Å². The number of halogens is 1. The standard InChI is InChI=1S/C12H16FN3O2/c1-17-8-9-3-5-10(6-4-9)12(18-2)11(7-13)15-16-14/h3-6,11-12H,7-8H2,1-2H3/t11-,12-/m1/s1. The molecule has 0 fully saturated rings. The second-order valence-corrected chi connectivity index (χ2v) is 3.76. The van der Waals surface area contributed by atoms with Crippen molar-refractivity contribution in [1.29, 1.82) is 0 Å². The molecule has 2 atom stereocenters. The van der Waals surface area contributed by atoms with Crippen molar-refractivity contribution in [2.75, 3.05) is 20.9 Å². The van der Waals surface area contributed by atoms with E-state index < -0.39 is 18.8 Å². The third kappa shape index (κ3) is 3.70. The van der Waals surface area contributed by atoms with Gasteiger partial charge in [-0.25, -0.2) is 0 Å². The lowest BCUT2D eigenvalue weighted by Crippen LogP contribution is -2.20. The van der Waals surface area contributed by atoms with E-state index in [1.165, 1.54) is 7.11 Å². The molecule has 0 N–H and O–H groups in total. The molecule has 0 aliphatic heterocycles. The molecule has 0 spiro atoms. The van der Waals surface area contributed by atoms with Gasteiger partial charge in [-0.1, -0.05) is 29.4 Å². The van der Waals surface area contributed by atoms with Crippen molar-refractivity contribution < 1.29 is 13.9 Å². The maximum absolute atomic E-state index is 12.8. The minimum Gasteiger partial charge on any atom is -0.380 e. The number of alkyl halides is 1. The molecule has 0 bridgehead atoms. The highest BCUT2D eigenvalue weighted by atomic mass is 19.1. The normalized spacial score (nSPS) is 13.7. The third-order valence-electron chi connectivity index (χ3n) is 2.58. The quantitative estimate of drug-likeness (QED) is 0.425. The topological polar surface area (TPSA) is 67.2 Å². The predicted octanol–water partition coefficient (Wildman–Crippen LogP) is 3.17. The highest BCUT2D eigenvalue weighted by molar-refractivity contribution is 5.25. The highest BCUT2D eigenvalue weighted by Crippen LogP contribution is 2.24. The molecular weight excluding hydrogens is 237 g/mol. The zero-order valence-electron chi connectivity index (χ0n) is 10.4. The molecule has 1 rings (SSSR count). The molecule has 0 saturated heterocycles. The lowest BCUT2D eigenvalue weighted by atomic mass is 10.0. The molecule has 18 heavy (non-hydrogen) atoms. The van der Waals surface area contributed by atoms with Crippen molar-refractivity contribution in [1.82, 2.24) is 0 Å². The molecular formula is C12H16FN3O2. The van der Waals surface area contributed by atoms with Crippen LogP contribution >= 0.6 is 0 Å². The molecule has 1 aromatic rings. The van der Waals surface area contributed by atoms with Gasteiger partial charge in [0.15, 0.2) is 0 Å². The van der Waals surface area contributed by atoms with Crippen molar-refractivity contribution in [3.8, 4) is 0 Å². The molecule has 0 saturated carbocycles. The van der Waals surface area contributed by atoms with E-state index in [0.29, 0.717) is 6.61 Å². The van der Waals surface area contributed by atoms with Crippen LogP contribution in [0.25, 0.3) is 10.4 Å². The first-order chi connectivity index (χ1) is 8.76. The van der Waals surface area contributed by atoms with Crippen LogP contribution in [0.15, 0.2) is 29.4 Å². The van der Waals surface area contributed by atoms with Crippen LogP contribution in [0.4, 0.5) is 4.39 Å². The molecule has 0 radical (unpaired) electrons. The van der Waals surface area contributed by atoms with Gasteiger partial charge in [0.2, 0.25) is 0 Å². The molecule has 6 heteroatoms. The van der Waals surface area contributed by atoms with Crippen LogP contribution in [-0.4, -0.2) is 26.9 Å². The number of ether oxygens (including phenoxy) is 2. The molecule has 0 unspecified atom stereocenters. The monoisotopic (exact) mass is 253 g/mol. The van der Waals surface area contributed by atoms with Gasteiger partial charge in [0.05, 0.1) is 18.8 Å². The fraction of sp³-hybridized carbons (Fsp3) is 0.500. The van der Waals surface area contributed by atoms with Crippen LogP contribution < -0.4 is 0 Å². The maximum Gasteiger partial charge on any atom is 0.101 e. The first kappa shape index (κ1) is 14.4. The van der Waals surface area contributed by atoms with Crippen molar-refractivity contribution >= 4 is 0 Å². The molecule has 5 nitrogen and oxygen atoms in total. The van der Waals surface area contributed by atoms with E-state index in [4.69, 9.17) is 15.0 Å². The Morgan fingerprint density at radius 3 is 2.44 bits per heavy atom. The van der Waals surface area contributed by atoms with Gasteiger partial charge in [0, 0.05) is 19.1 Å². The summed E-state index contributed by atoms with van der Waals surface area (Å²) in [4.78, 5) is 2.63. The molecule has 98 valence electrons. The van der Waals surface area contributed by atoms with Crippen LogP contribution in [0, 0.1) is 0 Å². The molecule has 0 aliphatic carbocycles. The number of rotatable bonds is 7. The van der Waals surface area contributed by atoms with Crippen molar-refractivity contribution in [3.63, 3.8) is 0 Å². The Balaban J connectivity index is 2.90. The van der Waals surface area contributed by atoms with Crippen molar-refractivity contribution in [2.45, 2.75) is 18.8 Å². The summed E-state index contributed by atoms with van der Waals surface area (Å²) < 4.78 is 23.0. The number of nitrogens with zero attached hydrogens (tertiary/aromatic N) is 3. The predicted molar refractivity (Wildman–Crippen MR) is 65.8 cm³/mol. The number of methoxy groups -OCH3 is 2. The van der Waals surface area contributed by atoms with Crippen molar-refractivity contribution in [2.24, 2.45) is 5.11 Å². The van der Waals surface area contributed by atoms with Gasteiger partial charge in [-0.15, -0.1) is 0 Å². The fourth-order valence-electron chi connectivity index (χ4n) is 1.72. The third-order valence-corrected chi connectivity index (χ3v) is 2.58. The average Bonchev–Trinajstić information content (AvgIpc) is 2.40. The number of hydrogen-bond acceptors (Lipinski definition) is 3. The van der Waals surface area contributed by atoms with Crippen LogP contribution in [0.1, 0.15) is 17.2 Å². The first-order valence-corrected chi connectivity index (χ1v) is 5.47. The van der Waals surface area contributed by atoms with Gasteiger partial charge in [-0.05, 0) is 16.7 Å². The zero-order valence-corrected chi connectivity index (χ0v) is 10.4. The molecule has 0 amide bonds. The van der Waals surface area contributed by atoms with Crippen LogP contribution in [0.5, 0.6) is 0 Å². The van der Waals surface area contributed by atoms with E-state index in [0.717, 1.165) is 11.1 Å². The van der Waals surface area contributed by atoms with Gasteiger partial charge < -0.3 is 9.47 Å². The fourth-order valence-corrected chi connectivity index (χ4v) is 1.72. The smallest absolute Gasteiger partial charge is 0.101 e. The van der Waals surface area contributed by atoms with Crippen LogP contribution in [0.3, 0.4) is 0 Å². The molecule has 1 aromatic carbocycles. The second-order valence-electron chi connectivity index (χ2n) is 3.76. The summed E-state index contributed by atoms with van der Waals surface area (Å²) in [5.74, 6) is 0. The maximum atomic E-state index is 12.8. The Bertz CT molecular complexity index is 404. The van der Waals surface area contributed by atoms with Gasteiger partial charge in [0.25, 0.3) is 0 Å². The lowest BCUT2D eigenvalue weighted by Gasteiger charge is -2.20. The Labute approximate surface area is 105 Å². The zero-order chi connectivity index (χ0) is 13.4. The van der Waals surface area contributed by atoms with Gasteiger partial charge in [-0.3, -0.25) is 4.39 Å². The summed E-state index contributed by atoms with van der Waals surface area (Å²) in [5, 5.41) is 3.40. The van der Waals surface area contributed by atoms with E-state index >= 15 is 0 Å². The Kier molecular flexibility index (Phi) is 6.14. The Morgan fingerprint density at radius 2 is 2.00 bits per heavy atom. The van der Waals surface area contributed by atoms with Crippen LogP contribution in [-0.2, 0) is 16.1 Å². The largest absolute Gasteiger partial charge is 0.380 e. The van der Waals surface area contributed by atoms with Gasteiger partial charge >= 0.3 is 0 Å². The van der Waals surface area contributed by atoms with E-state index in [2.05, 4.69) is 10.0 Å². The number of hydrogen-bond donors (Lipinski definition) is 0. The minimum atomic E-state index is -0.853. The minimum absolute atomic E-state index is 0.515.